The summed E-state index contributed by atoms with van der Waals surface area (Å²) in [4.78, 5) is 0. The molecule has 0 aliphatic carbocycles. The van der Waals surface area contributed by atoms with Gasteiger partial charge in [-0.25, -0.2) is 17.9 Å². The second kappa shape index (κ2) is 6.00. The topological polar surface area (TPSA) is 92.3 Å². The molecule has 92 valence electrons. The molecule has 0 aliphatic rings. The molecule has 9 heteroatoms. The van der Waals surface area contributed by atoms with E-state index in [0.717, 1.165) is 0 Å². The van der Waals surface area contributed by atoms with Crippen LogP contribution in [0.15, 0.2) is 0 Å². The summed E-state index contributed by atoms with van der Waals surface area (Å²) in [5, 5.41) is 0. The number of hydrogen-bond donors (Lipinski definition) is 2. The monoisotopic (exact) mass is 278 g/mol. The maximum Gasteiger partial charge on any atom is 0.276 e. The summed E-state index contributed by atoms with van der Waals surface area (Å²) in [6.45, 7) is 3.76. The van der Waals surface area contributed by atoms with Crippen molar-refractivity contribution >= 4 is 29.9 Å². The van der Waals surface area contributed by atoms with E-state index in [1.165, 1.54) is 0 Å². The van der Waals surface area contributed by atoms with Gasteiger partial charge in [-0.3, -0.25) is 0 Å². The Morgan fingerprint density at radius 3 is 2.07 bits per heavy atom. The third-order valence-electron chi connectivity index (χ3n) is 1.32. The predicted molar refractivity (Wildman–Crippen MR) is 59.4 cm³/mol. The van der Waals surface area contributed by atoms with E-state index < -0.39 is 25.0 Å². The van der Waals surface area contributed by atoms with Crippen molar-refractivity contribution in [1.29, 1.82) is 0 Å². The largest absolute Gasteiger partial charge is 0.276 e. The van der Waals surface area contributed by atoms with Crippen LogP contribution in [0.5, 0.6) is 0 Å². The van der Waals surface area contributed by atoms with Gasteiger partial charge in [0.25, 0.3) is 10.2 Å². The van der Waals surface area contributed by atoms with Crippen LogP contribution in [-0.2, 0) is 19.3 Å². The summed E-state index contributed by atoms with van der Waals surface area (Å²) >= 11 is 0. The van der Waals surface area contributed by atoms with E-state index in [0.29, 0.717) is 6.54 Å². The minimum atomic E-state index is -3.66. The maximum atomic E-state index is 11.2. The molecule has 0 bridgehead atoms. The van der Waals surface area contributed by atoms with Crippen LogP contribution in [-0.4, -0.2) is 35.7 Å². The molecule has 0 saturated heterocycles. The maximum absolute atomic E-state index is 11.2. The first-order valence-electron chi connectivity index (χ1n) is 4.29. The highest BCUT2D eigenvalue weighted by Crippen LogP contribution is 1.94. The zero-order valence-corrected chi connectivity index (χ0v) is 10.9. The first-order valence-corrected chi connectivity index (χ1v) is 8.25. The number of hydrogen-bond acceptors (Lipinski definition) is 4. The van der Waals surface area contributed by atoms with E-state index in [9.17, 15) is 16.8 Å². The molecule has 2 N–H and O–H groups in total. The second-order valence-corrected chi connectivity index (χ2v) is 7.86. The van der Waals surface area contributed by atoms with Gasteiger partial charge in [-0.1, -0.05) is 13.8 Å². The van der Waals surface area contributed by atoms with Crippen LogP contribution < -0.4 is 9.44 Å². The molecule has 0 aromatic carbocycles. The molecule has 0 unspecified atom stereocenters. The van der Waals surface area contributed by atoms with Gasteiger partial charge in [-0.15, -0.1) is 0 Å². The Balaban J connectivity index is 3.96. The third-order valence-corrected chi connectivity index (χ3v) is 3.61. The van der Waals surface area contributed by atoms with Crippen LogP contribution in [0, 0.1) is 5.92 Å². The summed E-state index contributed by atoms with van der Waals surface area (Å²) in [5.74, 6) is -0.254. The molecule has 6 nitrogen and oxygen atoms in total. The minimum absolute atomic E-state index is 0.179. The van der Waals surface area contributed by atoms with Crippen LogP contribution in [0.1, 0.15) is 13.8 Å². The fourth-order valence-electron chi connectivity index (χ4n) is 0.625. The molecular weight excluding hydrogens is 264 g/mol. The van der Waals surface area contributed by atoms with Crippen molar-refractivity contribution in [2.24, 2.45) is 5.92 Å². The van der Waals surface area contributed by atoms with Crippen LogP contribution >= 0.6 is 10.7 Å². The lowest BCUT2D eigenvalue weighted by molar-refractivity contribution is 0.549. The number of halogens is 1. The fourth-order valence-corrected chi connectivity index (χ4v) is 2.36. The molecule has 0 atom stereocenters. The van der Waals surface area contributed by atoms with Crippen molar-refractivity contribution in [3.63, 3.8) is 0 Å². The highest BCUT2D eigenvalue weighted by Gasteiger charge is 2.11. The fraction of sp³-hybridized carbons (Fsp3) is 1.00. The Bertz CT molecular complexity index is 376. The van der Waals surface area contributed by atoms with Crippen molar-refractivity contribution in [2.75, 3.05) is 18.8 Å². The van der Waals surface area contributed by atoms with E-state index in [1.54, 1.807) is 0 Å². The molecule has 0 saturated carbocycles. The molecule has 0 heterocycles. The van der Waals surface area contributed by atoms with E-state index >= 15 is 0 Å². The van der Waals surface area contributed by atoms with E-state index in [1.807, 2.05) is 13.8 Å². The van der Waals surface area contributed by atoms with Gasteiger partial charge in [-0.2, -0.15) is 8.42 Å². The lowest BCUT2D eigenvalue weighted by Crippen LogP contribution is -2.40. The van der Waals surface area contributed by atoms with Crippen molar-refractivity contribution < 1.29 is 16.8 Å². The second-order valence-electron chi connectivity index (χ2n) is 3.38. The Kier molecular flexibility index (Phi) is 6.04. The van der Waals surface area contributed by atoms with Gasteiger partial charge in [0, 0.05) is 23.8 Å². The quantitative estimate of drug-likeness (QED) is 0.622. The normalized spacial score (nSPS) is 13.3. The number of rotatable bonds is 7. The Labute approximate surface area is 95.0 Å². The molecule has 0 aliphatic heterocycles. The van der Waals surface area contributed by atoms with Gasteiger partial charge in [0.2, 0.25) is 9.05 Å². The van der Waals surface area contributed by atoms with Gasteiger partial charge in [0.1, 0.15) is 0 Å². The summed E-state index contributed by atoms with van der Waals surface area (Å²) in [7, 11) is -2.38. The molecule has 15 heavy (non-hydrogen) atoms. The van der Waals surface area contributed by atoms with Gasteiger partial charge in [0.15, 0.2) is 0 Å². The molecule has 0 aromatic heterocycles. The molecule has 0 spiro atoms. The molecular formula is C6H15ClN2O4S2. The van der Waals surface area contributed by atoms with Crippen molar-refractivity contribution in [3.05, 3.63) is 0 Å². The van der Waals surface area contributed by atoms with Crippen LogP contribution in [0.25, 0.3) is 0 Å². The van der Waals surface area contributed by atoms with Crippen LogP contribution in [0.4, 0.5) is 0 Å². The van der Waals surface area contributed by atoms with E-state index in [-0.39, 0.29) is 12.5 Å². The molecule has 0 rings (SSSR count). The zero-order valence-electron chi connectivity index (χ0n) is 8.53. The first kappa shape index (κ1) is 15.1. The predicted octanol–water partition coefficient (Wildman–Crippen LogP) is -0.365. The standard InChI is InChI=1S/C6H15ClN2O4S2/c1-6(2)5-9-15(12,13)8-3-4-14(7,10)11/h6,8-9H,3-5H2,1-2H3. The van der Waals surface area contributed by atoms with E-state index in [2.05, 4.69) is 9.44 Å². The summed E-state index contributed by atoms with van der Waals surface area (Å²) < 4.78 is 47.6. The first-order chi connectivity index (χ1) is 6.62. The van der Waals surface area contributed by atoms with Crippen molar-refractivity contribution in [2.45, 2.75) is 13.8 Å². The van der Waals surface area contributed by atoms with Crippen molar-refractivity contribution in [1.82, 2.24) is 9.44 Å². The smallest absolute Gasteiger partial charge is 0.212 e. The summed E-state index contributed by atoms with van der Waals surface area (Å²) in [5.41, 5.74) is 0. The lowest BCUT2D eigenvalue weighted by Gasteiger charge is -2.08. The Morgan fingerprint density at radius 1 is 1.13 bits per heavy atom. The average Bonchev–Trinajstić information content (AvgIpc) is 1.98. The lowest BCUT2D eigenvalue weighted by atomic mass is 10.2. The van der Waals surface area contributed by atoms with E-state index in [4.69, 9.17) is 10.7 Å². The Hall–Kier alpha value is 0.110. The molecule has 0 fully saturated rings. The van der Waals surface area contributed by atoms with Gasteiger partial charge < -0.3 is 0 Å². The molecule has 0 radical (unpaired) electrons. The van der Waals surface area contributed by atoms with Crippen LogP contribution in [0.2, 0.25) is 0 Å². The van der Waals surface area contributed by atoms with Crippen LogP contribution in [0.3, 0.4) is 0 Å². The third kappa shape index (κ3) is 10.4. The SMILES string of the molecule is CC(C)CNS(=O)(=O)NCCS(=O)(=O)Cl. The summed E-state index contributed by atoms with van der Waals surface area (Å²) in [6, 6.07) is 0. The zero-order chi connectivity index (χ0) is 12.1. The van der Waals surface area contributed by atoms with Crippen molar-refractivity contribution in [3.8, 4) is 0 Å². The molecule has 0 amide bonds. The number of nitrogens with one attached hydrogen (secondary N) is 2. The van der Waals surface area contributed by atoms with Gasteiger partial charge >= 0.3 is 0 Å². The minimum Gasteiger partial charge on any atom is -0.212 e. The molecule has 0 aromatic rings. The Morgan fingerprint density at radius 2 is 1.67 bits per heavy atom. The van der Waals surface area contributed by atoms with Gasteiger partial charge in [-0.05, 0) is 5.92 Å². The van der Waals surface area contributed by atoms with Gasteiger partial charge in [0.05, 0.1) is 5.75 Å². The average molecular weight is 279 g/mol. The highest BCUT2D eigenvalue weighted by atomic mass is 35.7. The summed E-state index contributed by atoms with van der Waals surface area (Å²) in [6.07, 6.45) is 0. The highest BCUT2D eigenvalue weighted by molar-refractivity contribution is 8.13.